The van der Waals surface area contributed by atoms with Crippen LogP contribution in [0.2, 0.25) is 0 Å². The number of ether oxygens (including phenoxy) is 1. The van der Waals surface area contributed by atoms with Crippen molar-refractivity contribution in [2.45, 2.75) is 25.3 Å². The van der Waals surface area contributed by atoms with Crippen LogP contribution in [-0.2, 0) is 4.79 Å². The number of benzene rings is 1. The zero-order valence-corrected chi connectivity index (χ0v) is 13.5. The van der Waals surface area contributed by atoms with Crippen LogP contribution in [0.25, 0.3) is 0 Å². The van der Waals surface area contributed by atoms with Gasteiger partial charge in [-0.2, -0.15) is 0 Å². The van der Waals surface area contributed by atoms with E-state index in [0.29, 0.717) is 11.3 Å². The Hall–Kier alpha value is -1.40. The van der Waals surface area contributed by atoms with Gasteiger partial charge in [0.1, 0.15) is 5.75 Å². The molecule has 1 aliphatic heterocycles. The molecule has 1 saturated heterocycles. The minimum atomic E-state index is -0.0900. The monoisotopic (exact) mass is 354 g/mol. The molecule has 0 bridgehead atoms. The number of hydrogen-bond donors (Lipinski definition) is 2. The van der Waals surface area contributed by atoms with E-state index in [9.17, 15) is 9.59 Å². The molecule has 1 atom stereocenters. The number of hydrogen-bond acceptors (Lipinski definition) is 4. The van der Waals surface area contributed by atoms with Crippen LogP contribution < -0.4 is 15.4 Å². The highest BCUT2D eigenvalue weighted by atomic mass is 79.9. The highest BCUT2D eigenvalue weighted by Crippen LogP contribution is 2.24. The molecule has 0 saturated carbocycles. The van der Waals surface area contributed by atoms with E-state index < -0.39 is 0 Å². The van der Waals surface area contributed by atoms with E-state index in [1.165, 1.54) is 7.11 Å². The number of methoxy groups -OCH3 is 1. The summed E-state index contributed by atoms with van der Waals surface area (Å²) in [7, 11) is 1.53. The van der Waals surface area contributed by atoms with E-state index in [1.54, 1.807) is 12.1 Å². The first-order chi connectivity index (χ1) is 10.1. The maximum Gasteiger partial charge on any atom is 0.220 e. The van der Waals surface area contributed by atoms with Crippen molar-refractivity contribution in [1.29, 1.82) is 0 Å². The molecule has 6 heteroatoms. The Morgan fingerprint density at radius 2 is 2.24 bits per heavy atom. The van der Waals surface area contributed by atoms with Gasteiger partial charge in [-0.05, 0) is 31.2 Å². The minimum Gasteiger partial charge on any atom is -0.496 e. The van der Waals surface area contributed by atoms with Crippen molar-refractivity contribution in [3.05, 3.63) is 28.2 Å². The maximum absolute atomic E-state index is 12.2. The number of halogens is 1. The number of nitrogens with one attached hydrogen (secondary N) is 2. The Labute approximate surface area is 132 Å². The predicted octanol–water partition coefficient (Wildman–Crippen LogP) is 1.90. The van der Waals surface area contributed by atoms with Crippen molar-refractivity contribution in [3.63, 3.8) is 0 Å². The zero-order valence-electron chi connectivity index (χ0n) is 11.9. The molecule has 0 spiro atoms. The van der Waals surface area contributed by atoms with E-state index >= 15 is 0 Å². The highest BCUT2D eigenvalue weighted by molar-refractivity contribution is 9.10. The molecule has 1 amide bonds. The third-order valence-electron chi connectivity index (χ3n) is 3.47. The summed E-state index contributed by atoms with van der Waals surface area (Å²) in [4.78, 5) is 24.0. The number of carbonyl (C=O) groups excluding carboxylic acids is 2. The van der Waals surface area contributed by atoms with Crippen LogP contribution >= 0.6 is 15.9 Å². The molecule has 0 aliphatic carbocycles. The molecule has 1 unspecified atom stereocenters. The van der Waals surface area contributed by atoms with E-state index in [1.807, 2.05) is 6.07 Å². The summed E-state index contributed by atoms with van der Waals surface area (Å²) < 4.78 is 6.00. The van der Waals surface area contributed by atoms with Gasteiger partial charge in [0, 0.05) is 29.9 Å². The van der Waals surface area contributed by atoms with Crippen LogP contribution in [0.3, 0.4) is 0 Å². The lowest BCUT2D eigenvalue weighted by Gasteiger charge is -2.11. The summed E-state index contributed by atoms with van der Waals surface area (Å²) in [5.74, 6) is 0.363. The minimum absolute atomic E-state index is 0.0778. The first-order valence-corrected chi connectivity index (χ1v) is 7.76. The summed E-state index contributed by atoms with van der Waals surface area (Å²) >= 11 is 3.34. The molecular formula is C15H19BrN2O3. The molecular weight excluding hydrogens is 336 g/mol. The molecule has 5 nitrogen and oxygen atoms in total. The Kier molecular flexibility index (Phi) is 5.76. The van der Waals surface area contributed by atoms with Gasteiger partial charge in [-0.25, -0.2) is 0 Å². The Balaban J connectivity index is 1.89. The lowest BCUT2D eigenvalue weighted by atomic mass is 10.1. The maximum atomic E-state index is 12.2. The van der Waals surface area contributed by atoms with Crippen molar-refractivity contribution >= 4 is 27.6 Å². The average molecular weight is 355 g/mol. The van der Waals surface area contributed by atoms with Gasteiger partial charge in [-0.15, -0.1) is 0 Å². The average Bonchev–Trinajstić information content (AvgIpc) is 2.97. The Bertz CT molecular complexity index is 528. The van der Waals surface area contributed by atoms with E-state index in [2.05, 4.69) is 26.6 Å². The summed E-state index contributed by atoms with van der Waals surface area (Å²) in [6, 6.07) is 5.46. The van der Waals surface area contributed by atoms with Gasteiger partial charge in [0.15, 0.2) is 5.78 Å². The molecule has 1 aromatic carbocycles. The second kappa shape index (κ2) is 7.56. The second-order valence-corrected chi connectivity index (χ2v) is 5.94. The number of amides is 1. The lowest BCUT2D eigenvalue weighted by molar-refractivity contribution is -0.121. The first kappa shape index (κ1) is 16.0. The molecule has 1 aromatic rings. The first-order valence-electron chi connectivity index (χ1n) is 6.97. The fraction of sp³-hybridized carbons (Fsp3) is 0.467. The predicted molar refractivity (Wildman–Crippen MR) is 83.7 cm³/mol. The van der Waals surface area contributed by atoms with Crippen LogP contribution in [0.5, 0.6) is 5.75 Å². The van der Waals surface area contributed by atoms with Crippen LogP contribution in [0.15, 0.2) is 22.7 Å². The summed E-state index contributed by atoms with van der Waals surface area (Å²) in [6.07, 6.45) is 1.32. The van der Waals surface area contributed by atoms with Crippen molar-refractivity contribution < 1.29 is 14.3 Å². The van der Waals surface area contributed by atoms with Gasteiger partial charge in [-0.3, -0.25) is 9.59 Å². The smallest absolute Gasteiger partial charge is 0.220 e. The normalized spacial score (nSPS) is 17.5. The molecule has 0 radical (unpaired) electrons. The SMILES string of the molecule is COc1ccc(Br)cc1C(=O)CCC(=O)NC1CCNC1. The fourth-order valence-corrected chi connectivity index (χ4v) is 2.70. The lowest BCUT2D eigenvalue weighted by Crippen LogP contribution is -2.36. The number of ketones is 1. The third-order valence-corrected chi connectivity index (χ3v) is 3.96. The standard InChI is InChI=1S/C15H19BrN2O3/c1-21-14-4-2-10(16)8-12(14)13(19)3-5-15(20)18-11-6-7-17-9-11/h2,4,8,11,17H,3,5-7,9H2,1H3,(H,18,20). The molecule has 21 heavy (non-hydrogen) atoms. The Morgan fingerprint density at radius 3 is 2.90 bits per heavy atom. The summed E-state index contributed by atoms with van der Waals surface area (Å²) in [6.45, 7) is 1.73. The molecule has 1 heterocycles. The summed E-state index contributed by atoms with van der Waals surface area (Å²) in [5, 5.41) is 6.12. The molecule has 2 rings (SSSR count). The Morgan fingerprint density at radius 1 is 1.43 bits per heavy atom. The molecule has 0 aromatic heterocycles. The van der Waals surface area contributed by atoms with Gasteiger partial charge in [0.2, 0.25) is 5.91 Å². The van der Waals surface area contributed by atoms with Crippen LogP contribution in [0.4, 0.5) is 0 Å². The number of rotatable bonds is 6. The second-order valence-electron chi connectivity index (χ2n) is 5.03. The summed E-state index contributed by atoms with van der Waals surface area (Å²) in [5.41, 5.74) is 0.502. The van der Waals surface area contributed by atoms with Gasteiger partial charge in [-0.1, -0.05) is 15.9 Å². The topological polar surface area (TPSA) is 67.4 Å². The van der Waals surface area contributed by atoms with Crippen LogP contribution in [-0.4, -0.2) is 37.9 Å². The van der Waals surface area contributed by atoms with E-state index in [0.717, 1.165) is 24.0 Å². The van der Waals surface area contributed by atoms with Gasteiger partial charge in [0.25, 0.3) is 0 Å². The van der Waals surface area contributed by atoms with Crippen molar-refractivity contribution in [1.82, 2.24) is 10.6 Å². The van der Waals surface area contributed by atoms with Gasteiger partial charge >= 0.3 is 0 Å². The van der Waals surface area contributed by atoms with E-state index in [4.69, 9.17) is 4.74 Å². The number of Topliss-reactive ketones (excluding diaryl/α,β-unsaturated/α-hetero) is 1. The quantitative estimate of drug-likeness (QED) is 0.765. The third kappa shape index (κ3) is 4.54. The zero-order chi connectivity index (χ0) is 15.2. The number of carbonyl (C=O) groups is 2. The van der Waals surface area contributed by atoms with E-state index in [-0.39, 0.29) is 30.6 Å². The fourth-order valence-electron chi connectivity index (χ4n) is 2.34. The molecule has 1 aliphatic rings. The van der Waals surface area contributed by atoms with Crippen LogP contribution in [0, 0.1) is 0 Å². The molecule has 1 fully saturated rings. The highest BCUT2D eigenvalue weighted by Gasteiger charge is 2.18. The molecule has 2 N–H and O–H groups in total. The van der Waals surface area contributed by atoms with Gasteiger partial charge < -0.3 is 15.4 Å². The van der Waals surface area contributed by atoms with Gasteiger partial charge in [0.05, 0.1) is 12.7 Å². The van der Waals surface area contributed by atoms with Crippen molar-refractivity contribution in [2.24, 2.45) is 0 Å². The van der Waals surface area contributed by atoms with Crippen LogP contribution in [0.1, 0.15) is 29.6 Å². The van der Waals surface area contributed by atoms with Crippen molar-refractivity contribution in [3.8, 4) is 5.75 Å². The largest absolute Gasteiger partial charge is 0.496 e. The molecule has 114 valence electrons. The van der Waals surface area contributed by atoms with Crippen molar-refractivity contribution in [2.75, 3.05) is 20.2 Å².